The highest BCUT2D eigenvalue weighted by atomic mass is 35.5. The summed E-state index contributed by atoms with van der Waals surface area (Å²) >= 11 is 12.1. The Bertz CT molecular complexity index is 805. The van der Waals surface area contributed by atoms with Crippen LogP contribution < -0.4 is 11.5 Å². The fourth-order valence-corrected chi connectivity index (χ4v) is 2.92. The highest BCUT2D eigenvalue weighted by Crippen LogP contribution is 2.45. The van der Waals surface area contributed by atoms with E-state index in [1.165, 1.54) is 0 Å². The van der Waals surface area contributed by atoms with Crippen LogP contribution in [-0.2, 0) is 11.2 Å². The third kappa shape index (κ3) is 2.60. The molecular formula is C14H14Cl2N4O2. The lowest BCUT2D eigenvalue weighted by atomic mass is 10.1. The van der Waals surface area contributed by atoms with E-state index in [9.17, 15) is 9.90 Å². The lowest BCUT2D eigenvalue weighted by Gasteiger charge is -2.07. The highest BCUT2D eigenvalue weighted by Gasteiger charge is 2.31. The highest BCUT2D eigenvalue weighted by molar-refractivity contribution is 6.43. The van der Waals surface area contributed by atoms with Crippen molar-refractivity contribution >= 4 is 45.8 Å². The Balaban J connectivity index is 2.17. The molecule has 116 valence electrons. The van der Waals surface area contributed by atoms with Gasteiger partial charge in [-0.05, 0) is 25.0 Å². The number of aromatic nitrogens is 1. The van der Waals surface area contributed by atoms with Crippen LogP contribution in [0.3, 0.4) is 0 Å². The maximum atomic E-state index is 11.9. The molecule has 5 N–H and O–H groups in total. The molecule has 22 heavy (non-hydrogen) atoms. The average molecular weight is 341 g/mol. The fourth-order valence-electron chi connectivity index (χ4n) is 2.59. The van der Waals surface area contributed by atoms with Gasteiger partial charge < -0.3 is 21.1 Å². The first-order valence-electron chi connectivity index (χ1n) is 6.71. The van der Waals surface area contributed by atoms with Crippen LogP contribution >= 0.6 is 23.2 Å². The van der Waals surface area contributed by atoms with Gasteiger partial charge in [0.25, 0.3) is 5.91 Å². The molecule has 0 radical (unpaired) electrons. The third-order valence-electron chi connectivity index (χ3n) is 3.62. The molecule has 0 spiro atoms. The Morgan fingerprint density at radius 2 is 1.86 bits per heavy atom. The van der Waals surface area contributed by atoms with E-state index >= 15 is 0 Å². The number of hydrogen-bond donors (Lipinski definition) is 3. The second-order valence-corrected chi connectivity index (χ2v) is 6.10. The molecule has 3 rings (SSSR count). The number of carbonyl (C=O) groups is 1. The second-order valence-electron chi connectivity index (χ2n) is 5.29. The molecule has 6 nitrogen and oxygen atoms in total. The molecular weight excluding hydrogens is 327 g/mol. The Morgan fingerprint density at radius 3 is 2.41 bits per heavy atom. The van der Waals surface area contributed by atoms with Crippen molar-refractivity contribution in [2.75, 3.05) is 0 Å². The zero-order valence-corrected chi connectivity index (χ0v) is 13.0. The number of aromatic hydroxyl groups is 1. The first-order chi connectivity index (χ1) is 10.4. The van der Waals surface area contributed by atoms with Gasteiger partial charge in [-0.1, -0.05) is 23.2 Å². The first-order valence-corrected chi connectivity index (χ1v) is 7.47. The Labute approximate surface area is 136 Å². The maximum absolute atomic E-state index is 11.9. The standard InChI is InChI=1S/C14H14Cl2N4O2/c15-9-3-7-8(4-10(9)16)13(22)20(6-1-2-6)11(7)5-12(21)19-14(17)18/h3-4,6,22H,1-2,5H2,(H4,17,18,19,21). The van der Waals surface area contributed by atoms with E-state index in [4.69, 9.17) is 34.7 Å². The van der Waals surface area contributed by atoms with Crippen LogP contribution in [0.4, 0.5) is 0 Å². The van der Waals surface area contributed by atoms with Crippen molar-refractivity contribution < 1.29 is 9.90 Å². The SMILES string of the molecule is NC(N)=NC(=O)Cc1c2cc(Cl)c(Cl)cc2c(O)n1C1CC1. The van der Waals surface area contributed by atoms with E-state index in [1.807, 2.05) is 0 Å². The third-order valence-corrected chi connectivity index (χ3v) is 4.34. The van der Waals surface area contributed by atoms with Crippen LogP contribution in [0, 0.1) is 0 Å². The van der Waals surface area contributed by atoms with Gasteiger partial charge >= 0.3 is 0 Å². The normalized spacial score (nSPS) is 14.3. The van der Waals surface area contributed by atoms with Crippen LogP contribution in [0.2, 0.25) is 10.0 Å². The summed E-state index contributed by atoms with van der Waals surface area (Å²) in [4.78, 5) is 15.5. The Hall–Kier alpha value is -1.92. The van der Waals surface area contributed by atoms with Gasteiger partial charge in [0.1, 0.15) is 0 Å². The van der Waals surface area contributed by atoms with Gasteiger partial charge in [-0.3, -0.25) is 4.79 Å². The molecule has 0 atom stereocenters. The molecule has 0 saturated heterocycles. The average Bonchev–Trinajstić information content (AvgIpc) is 3.20. The summed E-state index contributed by atoms with van der Waals surface area (Å²) in [5.74, 6) is -0.680. The second kappa shape index (κ2) is 5.37. The van der Waals surface area contributed by atoms with Crippen molar-refractivity contribution in [3.05, 3.63) is 27.9 Å². The van der Waals surface area contributed by atoms with Gasteiger partial charge in [-0.25, -0.2) is 0 Å². The molecule has 0 unspecified atom stereocenters. The van der Waals surface area contributed by atoms with E-state index in [2.05, 4.69) is 4.99 Å². The Morgan fingerprint density at radius 1 is 1.27 bits per heavy atom. The summed E-state index contributed by atoms with van der Waals surface area (Å²) in [5.41, 5.74) is 11.1. The molecule has 1 amide bonds. The van der Waals surface area contributed by atoms with Crippen molar-refractivity contribution in [2.45, 2.75) is 25.3 Å². The number of halogens is 2. The van der Waals surface area contributed by atoms with E-state index in [-0.39, 0.29) is 24.3 Å². The van der Waals surface area contributed by atoms with Gasteiger partial charge in [-0.15, -0.1) is 0 Å². The summed E-state index contributed by atoms with van der Waals surface area (Å²) in [6.07, 6.45) is 1.86. The number of nitrogens with zero attached hydrogens (tertiary/aromatic N) is 2. The zero-order chi connectivity index (χ0) is 16.0. The molecule has 1 aromatic heterocycles. The number of carbonyl (C=O) groups excluding carboxylic acids is 1. The van der Waals surface area contributed by atoms with Gasteiger partial charge in [0.15, 0.2) is 11.8 Å². The van der Waals surface area contributed by atoms with Gasteiger partial charge in [0.2, 0.25) is 0 Å². The number of benzene rings is 1. The van der Waals surface area contributed by atoms with Crippen LogP contribution in [-0.4, -0.2) is 21.5 Å². The number of guanidine groups is 1. The quantitative estimate of drug-likeness (QED) is 0.588. The lowest BCUT2D eigenvalue weighted by Crippen LogP contribution is -2.24. The smallest absolute Gasteiger partial charge is 0.254 e. The molecule has 1 fully saturated rings. The van der Waals surface area contributed by atoms with Crippen LogP contribution in [0.25, 0.3) is 10.8 Å². The number of hydrogen-bond acceptors (Lipinski definition) is 2. The van der Waals surface area contributed by atoms with E-state index in [1.54, 1.807) is 16.7 Å². The number of aliphatic imine (C=N–C) groups is 1. The molecule has 0 bridgehead atoms. The summed E-state index contributed by atoms with van der Waals surface area (Å²) in [6, 6.07) is 3.42. The molecule has 1 aliphatic carbocycles. The molecule has 1 heterocycles. The van der Waals surface area contributed by atoms with Crippen molar-refractivity contribution in [3.63, 3.8) is 0 Å². The minimum Gasteiger partial charge on any atom is -0.494 e. The molecule has 1 aliphatic rings. The van der Waals surface area contributed by atoms with E-state index < -0.39 is 5.91 Å². The summed E-state index contributed by atoms with van der Waals surface area (Å²) in [7, 11) is 0. The van der Waals surface area contributed by atoms with Gasteiger partial charge in [0, 0.05) is 22.5 Å². The largest absolute Gasteiger partial charge is 0.494 e. The van der Waals surface area contributed by atoms with Crippen LogP contribution in [0.1, 0.15) is 24.6 Å². The maximum Gasteiger partial charge on any atom is 0.254 e. The molecule has 8 heteroatoms. The number of nitrogens with two attached hydrogens (primary N) is 2. The van der Waals surface area contributed by atoms with E-state index in [0.717, 1.165) is 12.8 Å². The summed E-state index contributed by atoms with van der Waals surface area (Å²) < 4.78 is 1.75. The van der Waals surface area contributed by atoms with Crippen molar-refractivity contribution in [1.82, 2.24) is 4.57 Å². The van der Waals surface area contributed by atoms with Crippen molar-refractivity contribution in [3.8, 4) is 5.88 Å². The first kappa shape index (κ1) is 15.0. The van der Waals surface area contributed by atoms with Gasteiger partial charge in [0.05, 0.1) is 16.5 Å². The summed E-state index contributed by atoms with van der Waals surface area (Å²) in [6.45, 7) is 0. The molecule has 2 aromatic rings. The lowest BCUT2D eigenvalue weighted by molar-refractivity contribution is -0.117. The topological polar surface area (TPSA) is 107 Å². The van der Waals surface area contributed by atoms with E-state index in [0.29, 0.717) is 26.5 Å². The number of rotatable bonds is 3. The monoisotopic (exact) mass is 340 g/mol. The summed E-state index contributed by atoms with van der Waals surface area (Å²) in [5, 5.41) is 12.4. The number of fused-ring (bicyclic) bond motifs is 1. The molecule has 1 saturated carbocycles. The molecule has 1 aromatic carbocycles. The van der Waals surface area contributed by atoms with Crippen molar-refractivity contribution in [2.24, 2.45) is 16.5 Å². The van der Waals surface area contributed by atoms with Crippen LogP contribution in [0.15, 0.2) is 17.1 Å². The van der Waals surface area contributed by atoms with Crippen LogP contribution in [0.5, 0.6) is 5.88 Å². The fraction of sp³-hybridized carbons (Fsp3) is 0.286. The van der Waals surface area contributed by atoms with Gasteiger partial charge in [-0.2, -0.15) is 4.99 Å². The minimum atomic E-state index is -0.479. The van der Waals surface area contributed by atoms with Crippen molar-refractivity contribution in [1.29, 1.82) is 0 Å². The Kier molecular flexibility index (Phi) is 3.66. The minimum absolute atomic E-state index is 0.0244. The number of amides is 1. The predicted octanol–water partition coefficient (Wildman–Crippen LogP) is 2.33. The predicted molar refractivity (Wildman–Crippen MR) is 86.4 cm³/mol. The molecule has 0 aliphatic heterocycles. The zero-order valence-electron chi connectivity index (χ0n) is 11.5.